The van der Waals surface area contributed by atoms with Gasteiger partial charge in [0.2, 0.25) is 0 Å². The highest BCUT2D eigenvalue weighted by Crippen LogP contribution is 2.20. The zero-order valence-corrected chi connectivity index (χ0v) is 7.80. The van der Waals surface area contributed by atoms with Gasteiger partial charge in [0.1, 0.15) is 0 Å². The monoisotopic (exact) mass is 191 g/mol. The van der Waals surface area contributed by atoms with Crippen molar-refractivity contribution in [1.82, 2.24) is 9.61 Å². The van der Waals surface area contributed by atoms with E-state index in [9.17, 15) is 5.11 Å². The predicted molar refractivity (Wildman–Crippen MR) is 53.8 cm³/mol. The number of hydrogen-bond donors (Lipinski definition) is 2. The minimum atomic E-state index is -0.500. The van der Waals surface area contributed by atoms with Crippen LogP contribution in [0.15, 0.2) is 30.6 Å². The van der Waals surface area contributed by atoms with Crippen molar-refractivity contribution in [2.45, 2.75) is 12.5 Å². The topological polar surface area (TPSA) is 63.5 Å². The van der Waals surface area contributed by atoms with E-state index < -0.39 is 6.10 Å². The van der Waals surface area contributed by atoms with E-state index in [0.29, 0.717) is 13.0 Å². The van der Waals surface area contributed by atoms with Gasteiger partial charge in [0.15, 0.2) is 0 Å². The Morgan fingerprint density at radius 3 is 3.14 bits per heavy atom. The number of rotatable bonds is 3. The number of fused-ring (bicyclic) bond motifs is 1. The van der Waals surface area contributed by atoms with Gasteiger partial charge in [0, 0.05) is 18.0 Å². The molecule has 74 valence electrons. The molecule has 0 aromatic carbocycles. The van der Waals surface area contributed by atoms with Crippen molar-refractivity contribution in [1.29, 1.82) is 0 Å². The number of nitrogens with zero attached hydrogens (tertiary/aromatic N) is 2. The molecule has 3 N–H and O–H groups in total. The lowest BCUT2D eigenvalue weighted by molar-refractivity contribution is 0.171. The van der Waals surface area contributed by atoms with Gasteiger partial charge < -0.3 is 10.8 Å². The van der Waals surface area contributed by atoms with E-state index in [1.54, 1.807) is 10.7 Å². The summed E-state index contributed by atoms with van der Waals surface area (Å²) in [5.41, 5.74) is 7.23. The molecule has 0 aliphatic carbocycles. The van der Waals surface area contributed by atoms with Gasteiger partial charge in [-0.3, -0.25) is 0 Å². The summed E-state index contributed by atoms with van der Waals surface area (Å²) in [6.45, 7) is 0.482. The molecule has 0 aliphatic heterocycles. The Hall–Kier alpha value is -1.39. The molecule has 0 fully saturated rings. The number of aliphatic hydroxyl groups excluding tert-OH is 1. The van der Waals surface area contributed by atoms with E-state index in [4.69, 9.17) is 5.73 Å². The lowest BCUT2D eigenvalue weighted by Gasteiger charge is -2.10. The van der Waals surface area contributed by atoms with Gasteiger partial charge in [-0.05, 0) is 25.1 Å². The first-order valence-electron chi connectivity index (χ1n) is 4.63. The summed E-state index contributed by atoms with van der Waals surface area (Å²) in [6.07, 6.45) is 3.65. The van der Waals surface area contributed by atoms with Crippen molar-refractivity contribution < 1.29 is 5.11 Å². The van der Waals surface area contributed by atoms with Crippen LogP contribution in [-0.4, -0.2) is 21.3 Å². The van der Waals surface area contributed by atoms with E-state index in [1.165, 1.54) is 0 Å². The first-order chi connectivity index (χ1) is 6.83. The van der Waals surface area contributed by atoms with Crippen LogP contribution in [0.3, 0.4) is 0 Å². The number of nitrogens with two attached hydrogens (primary N) is 1. The van der Waals surface area contributed by atoms with Crippen LogP contribution >= 0.6 is 0 Å². The fraction of sp³-hybridized carbons (Fsp3) is 0.300. The second kappa shape index (κ2) is 3.77. The summed E-state index contributed by atoms with van der Waals surface area (Å²) in [4.78, 5) is 0. The third-order valence-corrected chi connectivity index (χ3v) is 2.27. The molecule has 1 atom stereocenters. The molecule has 14 heavy (non-hydrogen) atoms. The molecule has 2 aromatic heterocycles. The molecule has 0 amide bonds. The molecule has 0 aliphatic rings. The smallest absolute Gasteiger partial charge is 0.0823 e. The molecule has 0 saturated carbocycles. The van der Waals surface area contributed by atoms with Gasteiger partial charge in [0.05, 0.1) is 11.6 Å². The third kappa shape index (κ3) is 1.49. The van der Waals surface area contributed by atoms with Crippen LogP contribution in [0.2, 0.25) is 0 Å². The molecular formula is C10H13N3O. The van der Waals surface area contributed by atoms with Crippen LogP contribution < -0.4 is 5.73 Å². The van der Waals surface area contributed by atoms with Crippen molar-refractivity contribution in [3.05, 3.63) is 36.2 Å². The Balaban J connectivity index is 2.45. The fourth-order valence-electron chi connectivity index (χ4n) is 1.57. The standard InChI is InChI=1S/C10H13N3O/c11-5-3-10(14)8-2-1-7-13-9(8)4-6-12-13/h1-2,4,6-7,10,14H,3,5,11H2. The summed E-state index contributed by atoms with van der Waals surface area (Å²) in [5, 5.41) is 13.9. The average molecular weight is 191 g/mol. The number of hydrogen-bond acceptors (Lipinski definition) is 3. The van der Waals surface area contributed by atoms with Crippen molar-refractivity contribution >= 4 is 5.52 Å². The lowest BCUT2D eigenvalue weighted by Crippen LogP contribution is -2.07. The summed E-state index contributed by atoms with van der Waals surface area (Å²) >= 11 is 0. The van der Waals surface area contributed by atoms with Gasteiger partial charge >= 0.3 is 0 Å². The van der Waals surface area contributed by atoms with Gasteiger partial charge in [-0.1, -0.05) is 6.07 Å². The number of pyridine rings is 1. The molecule has 1 unspecified atom stereocenters. The summed E-state index contributed by atoms with van der Waals surface area (Å²) in [6, 6.07) is 5.65. The minimum absolute atomic E-state index is 0.482. The maximum absolute atomic E-state index is 9.82. The van der Waals surface area contributed by atoms with E-state index in [1.807, 2.05) is 24.4 Å². The quantitative estimate of drug-likeness (QED) is 0.751. The zero-order chi connectivity index (χ0) is 9.97. The molecule has 2 heterocycles. The SMILES string of the molecule is NCCC(O)c1cccn2nccc12. The van der Waals surface area contributed by atoms with Crippen LogP contribution in [0, 0.1) is 0 Å². The normalized spacial score (nSPS) is 13.3. The highest BCUT2D eigenvalue weighted by Gasteiger charge is 2.10. The third-order valence-electron chi connectivity index (χ3n) is 2.27. The molecule has 2 aromatic rings. The number of aromatic nitrogens is 2. The van der Waals surface area contributed by atoms with E-state index >= 15 is 0 Å². The number of aliphatic hydroxyl groups is 1. The van der Waals surface area contributed by atoms with Crippen molar-refractivity contribution in [2.24, 2.45) is 5.73 Å². The second-order valence-corrected chi connectivity index (χ2v) is 3.22. The second-order valence-electron chi connectivity index (χ2n) is 3.22. The minimum Gasteiger partial charge on any atom is -0.388 e. The predicted octanol–water partition coefficient (Wildman–Crippen LogP) is 0.717. The van der Waals surface area contributed by atoms with Crippen molar-refractivity contribution in [3.63, 3.8) is 0 Å². The largest absolute Gasteiger partial charge is 0.388 e. The van der Waals surface area contributed by atoms with Crippen LogP contribution in [0.1, 0.15) is 18.1 Å². The van der Waals surface area contributed by atoms with E-state index in [-0.39, 0.29) is 0 Å². The molecule has 0 saturated heterocycles. The van der Waals surface area contributed by atoms with Gasteiger partial charge in [-0.2, -0.15) is 5.10 Å². The summed E-state index contributed by atoms with van der Waals surface area (Å²) < 4.78 is 1.75. The van der Waals surface area contributed by atoms with E-state index in [2.05, 4.69) is 5.10 Å². The van der Waals surface area contributed by atoms with Gasteiger partial charge in [0.25, 0.3) is 0 Å². The molecule has 0 spiro atoms. The Kier molecular flexibility index (Phi) is 2.47. The van der Waals surface area contributed by atoms with Crippen LogP contribution in [0.5, 0.6) is 0 Å². The van der Waals surface area contributed by atoms with Gasteiger partial charge in [-0.15, -0.1) is 0 Å². The van der Waals surface area contributed by atoms with Crippen molar-refractivity contribution in [2.75, 3.05) is 6.54 Å². The molecule has 2 rings (SSSR count). The first-order valence-corrected chi connectivity index (χ1v) is 4.63. The lowest BCUT2D eigenvalue weighted by atomic mass is 10.1. The maximum atomic E-state index is 9.82. The average Bonchev–Trinajstić information content (AvgIpc) is 2.65. The van der Waals surface area contributed by atoms with Crippen LogP contribution in [0.4, 0.5) is 0 Å². The first kappa shape index (κ1) is 9.18. The molecule has 4 nitrogen and oxygen atoms in total. The highest BCUT2D eigenvalue weighted by atomic mass is 16.3. The van der Waals surface area contributed by atoms with Crippen molar-refractivity contribution in [3.8, 4) is 0 Å². The highest BCUT2D eigenvalue weighted by molar-refractivity contribution is 5.54. The molecule has 4 heteroatoms. The zero-order valence-electron chi connectivity index (χ0n) is 7.80. The van der Waals surface area contributed by atoms with Gasteiger partial charge in [-0.25, -0.2) is 4.52 Å². The molecule has 0 bridgehead atoms. The Bertz CT molecular complexity index is 424. The van der Waals surface area contributed by atoms with Crippen LogP contribution in [0.25, 0.3) is 5.52 Å². The summed E-state index contributed by atoms with van der Waals surface area (Å²) in [7, 11) is 0. The molecule has 0 radical (unpaired) electrons. The Morgan fingerprint density at radius 1 is 1.50 bits per heavy atom. The Labute approximate surface area is 82.0 Å². The summed E-state index contributed by atoms with van der Waals surface area (Å²) in [5.74, 6) is 0. The fourth-order valence-corrected chi connectivity index (χ4v) is 1.57. The Morgan fingerprint density at radius 2 is 2.36 bits per heavy atom. The molecular weight excluding hydrogens is 178 g/mol. The maximum Gasteiger partial charge on any atom is 0.0823 e. The van der Waals surface area contributed by atoms with E-state index in [0.717, 1.165) is 11.1 Å². The van der Waals surface area contributed by atoms with Crippen LogP contribution in [-0.2, 0) is 0 Å².